The highest BCUT2D eigenvalue weighted by Crippen LogP contribution is 2.39. The maximum atomic E-state index is 13.7. The lowest BCUT2D eigenvalue weighted by Gasteiger charge is -2.37. The van der Waals surface area contributed by atoms with E-state index in [1.54, 1.807) is 40.5 Å². The van der Waals surface area contributed by atoms with E-state index in [1.165, 1.54) is 28.7 Å². The molecule has 0 bridgehead atoms. The number of rotatable bonds is 10. The summed E-state index contributed by atoms with van der Waals surface area (Å²) in [6.07, 6.45) is 7.87. The van der Waals surface area contributed by atoms with Crippen molar-refractivity contribution in [3.05, 3.63) is 48.1 Å². The van der Waals surface area contributed by atoms with Gasteiger partial charge in [0.05, 0.1) is 17.8 Å². The van der Waals surface area contributed by atoms with E-state index in [0.29, 0.717) is 43.9 Å². The molecule has 0 saturated carbocycles. The zero-order valence-electron chi connectivity index (χ0n) is 28.7. The first-order chi connectivity index (χ1) is 24.0. The van der Waals surface area contributed by atoms with Crippen LogP contribution in [-0.4, -0.2) is 130 Å². The third kappa shape index (κ3) is 8.02. The topological polar surface area (TPSA) is 119 Å². The summed E-state index contributed by atoms with van der Waals surface area (Å²) >= 11 is 1.54. The molecule has 1 aromatic heterocycles. The van der Waals surface area contributed by atoms with Crippen molar-refractivity contribution in [3.63, 3.8) is 0 Å². The van der Waals surface area contributed by atoms with Gasteiger partial charge in [-0.1, -0.05) is 13.8 Å². The van der Waals surface area contributed by atoms with Crippen LogP contribution in [0.15, 0.2) is 58.0 Å². The van der Waals surface area contributed by atoms with Crippen molar-refractivity contribution >= 4 is 41.4 Å². The number of halogens is 2. The molecule has 50 heavy (non-hydrogen) atoms. The fourth-order valence-electron chi connectivity index (χ4n) is 6.53. The molecule has 1 aromatic carbocycles. The number of carbonyl (C=O) groups is 3. The van der Waals surface area contributed by atoms with E-state index in [9.17, 15) is 23.2 Å². The molecule has 0 spiro atoms. The van der Waals surface area contributed by atoms with Crippen molar-refractivity contribution in [3.8, 4) is 17.0 Å². The predicted octanol–water partition coefficient (Wildman–Crippen LogP) is 3.58. The fraction of sp³-hybridized carbons (Fsp3) is 0.500. The van der Waals surface area contributed by atoms with Crippen LogP contribution < -0.4 is 10.1 Å². The molecule has 3 amide bonds. The van der Waals surface area contributed by atoms with Crippen LogP contribution in [0.25, 0.3) is 11.3 Å². The smallest absolute Gasteiger partial charge is 0.387 e. The van der Waals surface area contributed by atoms with Gasteiger partial charge in [-0.05, 0) is 44.2 Å². The average molecular weight is 712 g/mol. The number of aliphatic imine (C=N–C) groups is 1. The Bertz CT molecular complexity index is 1690. The Morgan fingerprint density at radius 3 is 2.48 bits per heavy atom. The molecule has 0 aliphatic carbocycles. The van der Waals surface area contributed by atoms with E-state index in [-0.39, 0.29) is 52.2 Å². The minimum atomic E-state index is -3.09. The molecule has 2 fully saturated rings. The number of benzene rings is 1. The van der Waals surface area contributed by atoms with Crippen molar-refractivity contribution < 1.29 is 27.9 Å². The standard InChI is InChI=1S/C34H43F2N9O4S/c1-22(2)50-24-6-7-28(49-34(35)36)25(18-24)30-27(38-32(47)26-19-41(4)45-11-5-10-37-31(26)45)20-44(39-30)21-29(46)42-12-8-23(9-13-42)33(48)43-16-14-40(3)15-17-43/h5-7,10-11,18,20,22-23,34H,8-9,12-17,19,21H2,1-4H3,(H,38,47). The number of alkyl halides is 2. The monoisotopic (exact) mass is 711 g/mol. The van der Waals surface area contributed by atoms with Gasteiger partial charge in [0, 0.05) is 86.6 Å². The molecule has 0 radical (unpaired) electrons. The summed E-state index contributed by atoms with van der Waals surface area (Å²) in [7, 11) is 3.88. The number of hydrogen-bond acceptors (Lipinski definition) is 10. The highest BCUT2D eigenvalue weighted by Gasteiger charge is 2.34. The average Bonchev–Trinajstić information content (AvgIpc) is 3.64. The molecular weight excluding hydrogens is 668 g/mol. The number of piperidine rings is 1. The molecule has 1 N–H and O–H groups in total. The maximum Gasteiger partial charge on any atom is 0.387 e. The van der Waals surface area contributed by atoms with E-state index in [0.717, 1.165) is 31.1 Å². The highest BCUT2D eigenvalue weighted by atomic mass is 32.2. The third-order valence-electron chi connectivity index (χ3n) is 9.14. The van der Waals surface area contributed by atoms with Gasteiger partial charge in [-0.3, -0.25) is 24.1 Å². The Balaban J connectivity index is 1.24. The Morgan fingerprint density at radius 2 is 1.78 bits per heavy atom. The van der Waals surface area contributed by atoms with E-state index in [2.05, 4.69) is 20.3 Å². The van der Waals surface area contributed by atoms with Gasteiger partial charge in [-0.25, -0.2) is 10.0 Å². The molecule has 4 aliphatic heterocycles. The zero-order valence-corrected chi connectivity index (χ0v) is 29.5. The number of piperazine rings is 1. The van der Waals surface area contributed by atoms with Crippen molar-refractivity contribution in [1.29, 1.82) is 0 Å². The minimum Gasteiger partial charge on any atom is -0.434 e. The molecule has 16 heteroatoms. The number of fused-ring (bicyclic) bond motifs is 1. The summed E-state index contributed by atoms with van der Waals surface area (Å²) in [5.41, 5.74) is 1.08. The molecule has 4 aliphatic rings. The van der Waals surface area contributed by atoms with Gasteiger partial charge in [0.15, 0.2) is 5.82 Å². The molecule has 2 aromatic rings. The summed E-state index contributed by atoms with van der Waals surface area (Å²) in [6, 6.07) is 4.87. The lowest BCUT2D eigenvalue weighted by atomic mass is 9.95. The second-order valence-corrected chi connectivity index (χ2v) is 14.8. The lowest BCUT2D eigenvalue weighted by Crippen LogP contribution is -2.51. The number of likely N-dealkylation sites (N-methyl/N-ethyl adjacent to an activating group) is 2. The predicted molar refractivity (Wildman–Crippen MR) is 186 cm³/mol. The zero-order chi connectivity index (χ0) is 35.5. The summed E-state index contributed by atoms with van der Waals surface area (Å²) in [4.78, 5) is 51.5. The second-order valence-electron chi connectivity index (χ2n) is 13.1. The molecule has 13 nitrogen and oxygen atoms in total. The SMILES string of the molecule is CC(C)Sc1ccc(OC(F)F)c(-c2nn(CC(=O)N3CCC(C(=O)N4CCN(C)CC4)CC3)cc2NC(=O)C2=C3N=CC=CN3N(C)C2)c1. The summed E-state index contributed by atoms with van der Waals surface area (Å²) < 4.78 is 33.5. The summed E-state index contributed by atoms with van der Waals surface area (Å²) in [6.45, 7) is 5.12. The molecule has 0 unspecified atom stereocenters. The number of aromatic nitrogens is 2. The van der Waals surface area contributed by atoms with Gasteiger partial charge < -0.3 is 24.8 Å². The fourth-order valence-corrected chi connectivity index (χ4v) is 7.41. The van der Waals surface area contributed by atoms with Crippen LogP contribution in [0.3, 0.4) is 0 Å². The lowest BCUT2D eigenvalue weighted by molar-refractivity contribution is -0.142. The molecule has 5 heterocycles. The summed E-state index contributed by atoms with van der Waals surface area (Å²) in [5, 5.41) is 11.4. The van der Waals surface area contributed by atoms with Crippen LogP contribution in [0.5, 0.6) is 5.75 Å². The van der Waals surface area contributed by atoms with Gasteiger partial charge in [0.25, 0.3) is 5.91 Å². The number of likely N-dealkylation sites (tertiary alicyclic amines) is 1. The van der Waals surface area contributed by atoms with Crippen molar-refractivity contribution in [2.75, 3.05) is 65.2 Å². The molecule has 6 rings (SSSR count). The Labute approximate surface area is 294 Å². The third-order valence-corrected chi connectivity index (χ3v) is 10.1. The minimum absolute atomic E-state index is 0.108. The first-order valence-electron chi connectivity index (χ1n) is 16.8. The molecule has 2 saturated heterocycles. The number of carbonyl (C=O) groups excluding carboxylic acids is 3. The largest absolute Gasteiger partial charge is 0.434 e. The number of allylic oxidation sites excluding steroid dienone is 1. The number of ether oxygens (including phenoxy) is 1. The van der Waals surface area contributed by atoms with Gasteiger partial charge in [0.1, 0.15) is 18.0 Å². The highest BCUT2D eigenvalue weighted by molar-refractivity contribution is 7.99. The van der Waals surface area contributed by atoms with Crippen LogP contribution in [0.4, 0.5) is 14.5 Å². The number of hydrogen-bond donors (Lipinski definition) is 1. The van der Waals surface area contributed by atoms with Gasteiger partial charge in [-0.15, -0.1) is 11.8 Å². The normalized spacial score (nSPS) is 18.8. The van der Waals surface area contributed by atoms with Gasteiger partial charge >= 0.3 is 6.61 Å². The van der Waals surface area contributed by atoms with E-state index < -0.39 is 12.5 Å². The number of nitrogens with one attached hydrogen (secondary N) is 1. The van der Waals surface area contributed by atoms with Crippen LogP contribution in [0.2, 0.25) is 0 Å². The van der Waals surface area contributed by atoms with Gasteiger partial charge in [0.2, 0.25) is 11.8 Å². The van der Waals surface area contributed by atoms with Crippen molar-refractivity contribution in [2.24, 2.45) is 10.9 Å². The first kappa shape index (κ1) is 35.5. The molecular formula is C34H43F2N9O4S. The van der Waals surface area contributed by atoms with Crippen LogP contribution in [0, 0.1) is 5.92 Å². The first-order valence-corrected chi connectivity index (χ1v) is 17.7. The quantitative estimate of drug-likeness (QED) is 0.369. The van der Waals surface area contributed by atoms with Crippen LogP contribution in [-0.2, 0) is 20.9 Å². The second kappa shape index (κ2) is 15.3. The molecule has 0 atom stereocenters. The van der Waals surface area contributed by atoms with E-state index in [1.807, 2.05) is 37.9 Å². The summed E-state index contributed by atoms with van der Waals surface area (Å²) in [5.74, 6) is -0.229. The number of amides is 3. The number of nitrogens with zero attached hydrogens (tertiary/aromatic N) is 8. The Kier molecular flexibility index (Phi) is 10.9. The van der Waals surface area contributed by atoms with Crippen molar-refractivity contribution in [1.82, 2.24) is 34.5 Å². The Hall–Kier alpha value is -4.28. The molecule has 268 valence electrons. The van der Waals surface area contributed by atoms with E-state index >= 15 is 0 Å². The van der Waals surface area contributed by atoms with Crippen molar-refractivity contribution in [2.45, 2.75) is 50.0 Å². The van der Waals surface area contributed by atoms with Gasteiger partial charge in [-0.2, -0.15) is 13.9 Å². The van der Waals surface area contributed by atoms with Crippen LogP contribution in [0.1, 0.15) is 26.7 Å². The number of anilines is 1. The number of thioether (sulfide) groups is 1. The maximum absolute atomic E-state index is 13.7. The Morgan fingerprint density at radius 1 is 1.04 bits per heavy atom. The van der Waals surface area contributed by atoms with E-state index in [4.69, 9.17) is 4.74 Å². The van der Waals surface area contributed by atoms with Crippen LogP contribution >= 0.6 is 11.8 Å². The number of hydrazine groups is 1.